The zero-order valence-corrected chi connectivity index (χ0v) is 23.9. The second-order valence-electron chi connectivity index (χ2n) is 10.2. The molecule has 1 aliphatic heterocycles. The van der Waals surface area contributed by atoms with E-state index >= 15 is 8.78 Å². The van der Waals surface area contributed by atoms with Gasteiger partial charge in [-0.1, -0.05) is 12.1 Å². The summed E-state index contributed by atoms with van der Waals surface area (Å²) in [5.74, 6) is -5.14. The van der Waals surface area contributed by atoms with Gasteiger partial charge >= 0.3 is 12.1 Å². The number of carboxylic acids is 1. The predicted octanol–water partition coefficient (Wildman–Crippen LogP) is 4.48. The van der Waals surface area contributed by atoms with Gasteiger partial charge in [0.1, 0.15) is 29.3 Å². The third-order valence-electron chi connectivity index (χ3n) is 7.26. The molecular weight excluding hydrogens is 605 g/mol. The van der Waals surface area contributed by atoms with Gasteiger partial charge in [-0.05, 0) is 36.8 Å². The van der Waals surface area contributed by atoms with Gasteiger partial charge in [-0.2, -0.15) is 18.2 Å². The minimum absolute atomic E-state index is 0.101. The monoisotopic (exact) mass is 631 g/mol. The lowest BCUT2D eigenvalue weighted by molar-refractivity contribution is -0.167. The zero-order valence-electron chi connectivity index (χ0n) is 23.9. The first kappa shape index (κ1) is 31.5. The van der Waals surface area contributed by atoms with E-state index in [0.717, 1.165) is 4.90 Å². The number of aliphatic carboxylic acids is 1. The minimum Gasteiger partial charge on any atom is -0.481 e. The molecule has 15 heteroatoms. The van der Waals surface area contributed by atoms with Gasteiger partial charge in [-0.3, -0.25) is 9.78 Å². The van der Waals surface area contributed by atoms with Crippen LogP contribution in [-0.4, -0.2) is 77.1 Å². The van der Waals surface area contributed by atoms with Crippen molar-refractivity contribution in [3.05, 3.63) is 77.1 Å². The predicted molar refractivity (Wildman–Crippen MR) is 151 cm³/mol. The van der Waals surface area contributed by atoms with Gasteiger partial charge in [0.15, 0.2) is 5.82 Å². The summed E-state index contributed by atoms with van der Waals surface area (Å²) in [6, 6.07) is 5.64. The fourth-order valence-electron chi connectivity index (χ4n) is 5.13. The van der Waals surface area contributed by atoms with Crippen molar-refractivity contribution in [2.75, 3.05) is 31.8 Å². The number of alkyl halides is 3. The number of aromatic nitrogens is 3. The van der Waals surface area contributed by atoms with Crippen LogP contribution < -0.4 is 15.0 Å². The summed E-state index contributed by atoms with van der Waals surface area (Å²) < 4.78 is 80.8. The van der Waals surface area contributed by atoms with E-state index in [1.807, 2.05) is 0 Å². The van der Waals surface area contributed by atoms with Crippen LogP contribution in [0.25, 0.3) is 22.3 Å². The number of carboxylic acid groups (broad SMARTS) is 1. The number of pyridine rings is 1. The molecule has 1 aliphatic rings. The summed E-state index contributed by atoms with van der Waals surface area (Å²) >= 11 is 0. The molecule has 45 heavy (non-hydrogen) atoms. The molecule has 1 amide bonds. The number of morpholine rings is 1. The molecule has 236 valence electrons. The maximum absolute atomic E-state index is 15.1. The Hall–Kier alpha value is -4.92. The lowest BCUT2D eigenvalue weighted by atomic mass is 9.97. The molecule has 2 atom stereocenters. The Morgan fingerprint density at radius 2 is 1.89 bits per heavy atom. The maximum atomic E-state index is 15.1. The number of halogens is 5. The molecule has 1 fully saturated rings. The molecule has 0 spiro atoms. The Balaban J connectivity index is 1.42. The molecule has 1 saturated heterocycles. The highest BCUT2D eigenvalue weighted by atomic mass is 19.4. The fraction of sp³-hybridized carbons (Fsp3) is 0.300. The number of carbonyl (C=O) groups excluding carboxylic acids is 1. The Morgan fingerprint density at radius 3 is 2.56 bits per heavy atom. The highest BCUT2D eigenvalue weighted by molar-refractivity contribution is 5.98. The number of hydrogen-bond donors (Lipinski definition) is 2. The van der Waals surface area contributed by atoms with Crippen LogP contribution >= 0.6 is 0 Å². The lowest BCUT2D eigenvalue weighted by Crippen LogP contribution is -2.53. The van der Waals surface area contributed by atoms with Crippen LogP contribution in [-0.2, 0) is 16.0 Å². The second-order valence-corrected chi connectivity index (χ2v) is 10.2. The number of hydrogen-bond acceptors (Lipinski definition) is 8. The molecule has 0 aliphatic carbocycles. The summed E-state index contributed by atoms with van der Waals surface area (Å²) in [7, 11) is 1.46. The number of fused-ring (bicyclic) bond motifs is 1. The van der Waals surface area contributed by atoms with Crippen LogP contribution in [0.1, 0.15) is 21.6 Å². The summed E-state index contributed by atoms with van der Waals surface area (Å²) in [6.45, 7) is 0.641. The first-order chi connectivity index (χ1) is 21.4. The lowest BCUT2D eigenvalue weighted by Gasteiger charge is -2.38. The number of nitrogens with one attached hydrogen (secondary N) is 1. The van der Waals surface area contributed by atoms with Crippen LogP contribution in [0.5, 0.6) is 5.88 Å². The van der Waals surface area contributed by atoms with Gasteiger partial charge in [0.2, 0.25) is 5.88 Å². The fourth-order valence-corrected chi connectivity index (χ4v) is 5.13. The van der Waals surface area contributed by atoms with Crippen molar-refractivity contribution in [3.63, 3.8) is 0 Å². The molecule has 3 heterocycles. The number of ether oxygens (including phenoxy) is 2. The number of aryl methyl sites for hydroxylation is 1. The van der Waals surface area contributed by atoms with Crippen LogP contribution in [0.4, 0.5) is 27.6 Å². The van der Waals surface area contributed by atoms with Crippen molar-refractivity contribution in [3.8, 4) is 17.3 Å². The van der Waals surface area contributed by atoms with Gasteiger partial charge in [0.05, 0.1) is 25.8 Å². The average molecular weight is 632 g/mol. The summed E-state index contributed by atoms with van der Waals surface area (Å²) in [5.41, 5.74) is 0.480. The summed E-state index contributed by atoms with van der Waals surface area (Å²) in [6.07, 6.45) is -3.51. The van der Waals surface area contributed by atoms with Gasteiger partial charge < -0.3 is 24.8 Å². The number of carbonyl (C=O) groups is 2. The van der Waals surface area contributed by atoms with Gasteiger partial charge in [0.25, 0.3) is 5.91 Å². The van der Waals surface area contributed by atoms with Crippen molar-refractivity contribution in [1.29, 1.82) is 0 Å². The normalized spacial score (nSPS) is 16.0. The zero-order chi connectivity index (χ0) is 32.5. The molecule has 0 radical (unpaired) electrons. The van der Waals surface area contributed by atoms with E-state index in [-0.39, 0.29) is 19.6 Å². The Labute approximate surface area is 252 Å². The summed E-state index contributed by atoms with van der Waals surface area (Å²) in [4.78, 5) is 39.2. The van der Waals surface area contributed by atoms with Crippen molar-refractivity contribution in [2.24, 2.45) is 0 Å². The number of rotatable bonds is 8. The molecule has 0 bridgehead atoms. The van der Waals surface area contributed by atoms with E-state index in [1.54, 1.807) is 37.3 Å². The molecule has 2 N–H and O–H groups in total. The van der Waals surface area contributed by atoms with Crippen LogP contribution in [0.3, 0.4) is 0 Å². The minimum atomic E-state index is -4.74. The molecule has 2 aromatic carbocycles. The highest BCUT2D eigenvalue weighted by Gasteiger charge is 2.46. The second kappa shape index (κ2) is 12.6. The van der Waals surface area contributed by atoms with Gasteiger partial charge in [0, 0.05) is 47.6 Å². The van der Waals surface area contributed by atoms with E-state index in [4.69, 9.17) is 9.47 Å². The van der Waals surface area contributed by atoms with Gasteiger partial charge in [-0.25, -0.2) is 18.6 Å². The highest BCUT2D eigenvalue weighted by Crippen LogP contribution is 2.33. The molecule has 2 aromatic heterocycles. The molecule has 4 aromatic rings. The largest absolute Gasteiger partial charge is 0.481 e. The Kier molecular flexibility index (Phi) is 8.82. The molecular formula is C30H26F5N5O5. The van der Waals surface area contributed by atoms with E-state index in [0.29, 0.717) is 51.6 Å². The van der Waals surface area contributed by atoms with Crippen LogP contribution in [0.2, 0.25) is 0 Å². The number of nitrogens with zero attached hydrogens (tertiary/aromatic N) is 4. The third-order valence-corrected chi connectivity index (χ3v) is 7.26. The number of amides is 1. The Bertz CT molecular complexity index is 1750. The number of methoxy groups -OCH3 is 1. The third kappa shape index (κ3) is 6.62. The maximum Gasteiger partial charge on any atom is 0.411 e. The first-order valence-corrected chi connectivity index (χ1v) is 13.6. The van der Waals surface area contributed by atoms with E-state index in [2.05, 4.69) is 20.3 Å². The average Bonchev–Trinajstić information content (AvgIpc) is 2.99. The van der Waals surface area contributed by atoms with Crippen molar-refractivity contribution in [1.82, 2.24) is 20.3 Å². The Morgan fingerprint density at radius 1 is 1.16 bits per heavy atom. The van der Waals surface area contributed by atoms with Crippen molar-refractivity contribution >= 4 is 28.5 Å². The first-order valence-electron chi connectivity index (χ1n) is 13.6. The van der Waals surface area contributed by atoms with E-state index < -0.39 is 59.6 Å². The molecule has 10 nitrogen and oxygen atoms in total. The van der Waals surface area contributed by atoms with Gasteiger partial charge in [-0.15, -0.1) is 0 Å². The molecule has 1 unspecified atom stereocenters. The standard InChI is InChI=1S/C30H26F5N5O5/c1-15-10-24(44-2)39-27(37-15)19-6-5-16(18-4-3-7-36-26(18)19)11-22(29(42)43)38-28(41)25-20(31)12-17(13-21(25)32)40-8-9-45-14-23(40)30(33,34)35/h3-7,10,12-13,22-23H,8-9,11,14H2,1-2H3,(H,38,41)(H,42,43)/t22?,23-/m1/s1. The molecule has 5 rings (SSSR count). The number of anilines is 1. The van der Waals surface area contributed by atoms with Crippen molar-refractivity contribution < 1.29 is 46.1 Å². The van der Waals surface area contributed by atoms with Crippen LogP contribution in [0, 0.1) is 18.6 Å². The SMILES string of the molecule is COc1cc(C)nc(-c2ccc(CC(NC(=O)c3c(F)cc(N4CCOC[C@@H]4C(F)(F)F)cc3F)C(=O)O)c3cccnc23)n1. The van der Waals surface area contributed by atoms with E-state index in [1.165, 1.54) is 13.3 Å². The van der Waals surface area contributed by atoms with Crippen LogP contribution in [0.15, 0.2) is 48.7 Å². The summed E-state index contributed by atoms with van der Waals surface area (Å²) in [5, 5.41) is 12.6. The topological polar surface area (TPSA) is 127 Å². The smallest absolute Gasteiger partial charge is 0.411 e. The van der Waals surface area contributed by atoms with Crippen molar-refractivity contribution in [2.45, 2.75) is 31.6 Å². The number of benzene rings is 2. The quantitative estimate of drug-likeness (QED) is 0.271. The van der Waals surface area contributed by atoms with E-state index in [9.17, 15) is 27.9 Å². The molecule has 0 saturated carbocycles.